The Kier molecular flexibility index (Phi) is 12.6. The predicted octanol–water partition coefficient (Wildman–Crippen LogP) is 7.83. The van der Waals surface area contributed by atoms with Gasteiger partial charge in [0.1, 0.15) is 5.82 Å². The molecule has 0 saturated carbocycles. The summed E-state index contributed by atoms with van der Waals surface area (Å²) < 4.78 is 2.18. The lowest BCUT2D eigenvalue weighted by molar-refractivity contribution is -0.112. The van der Waals surface area contributed by atoms with Crippen molar-refractivity contribution in [2.75, 3.05) is 5.75 Å². The molecule has 50 heavy (non-hydrogen) atoms. The standard InChI is InChI=1S/C41H46N4O4S/c1-4-6-17-35(42)41(49)50-26-32(23-28-13-8-7-9-14-28)43-39(46)31-22-27(3)38-36(24-31)45(37(44-38)12-5-2)25-29-18-20-30(21-19-29)33-15-10-11-16-34(33)40(47)48/h7-11,13-16,18-22,24,32,35H,4-6,12,17,23,25-26,42H2,1-3H3,(H,43,46)(H,47,48). The first kappa shape index (κ1) is 36.5. The van der Waals surface area contributed by atoms with E-state index < -0.39 is 12.0 Å². The zero-order valence-electron chi connectivity index (χ0n) is 29.0. The number of fused-ring (bicyclic) bond motifs is 1. The number of benzene rings is 4. The smallest absolute Gasteiger partial charge is 0.336 e. The van der Waals surface area contributed by atoms with Crippen molar-refractivity contribution in [3.63, 3.8) is 0 Å². The predicted molar refractivity (Wildman–Crippen MR) is 203 cm³/mol. The van der Waals surface area contributed by atoms with Gasteiger partial charge in [-0.2, -0.15) is 0 Å². The summed E-state index contributed by atoms with van der Waals surface area (Å²) in [4.78, 5) is 43.5. The van der Waals surface area contributed by atoms with Crippen LogP contribution in [-0.4, -0.2) is 49.5 Å². The molecule has 4 N–H and O–H groups in total. The Morgan fingerprint density at radius 1 is 0.920 bits per heavy atom. The van der Waals surface area contributed by atoms with Gasteiger partial charge in [0.05, 0.1) is 22.6 Å². The van der Waals surface area contributed by atoms with Gasteiger partial charge in [0.2, 0.25) is 5.12 Å². The molecule has 0 radical (unpaired) electrons. The van der Waals surface area contributed by atoms with Gasteiger partial charge in [0, 0.05) is 30.3 Å². The van der Waals surface area contributed by atoms with Crippen molar-refractivity contribution in [3.05, 3.63) is 125 Å². The van der Waals surface area contributed by atoms with Crippen molar-refractivity contribution in [1.29, 1.82) is 0 Å². The van der Waals surface area contributed by atoms with Gasteiger partial charge in [-0.05, 0) is 72.2 Å². The number of carboxylic acid groups (broad SMARTS) is 1. The normalized spacial score (nSPS) is 12.5. The molecule has 0 aliphatic rings. The number of nitrogens with one attached hydrogen (secondary N) is 1. The zero-order valence-corrected chi connectivity index (χ0v) is 29.8. The third kappa shape index (κ3) is 9.08. The maximum Gasteiger partial charge on any atom is 0.336 e. The van der Waals surface area contributed by atoms with E-state index in [-0.39, 0.29) is 22.6 Å². The van der Waals surface area contributed by atoms with Gasteiger partial charge in [-0.15, -0.1) is 0 Å². The fourth-order valence-corrected chi connectivity index (χ4v) is 7.11. The van der Waals surface area contributed by atoms with Gasteiger partial charge in [0.25, 0.3) is 5.91 Å². The van der Waals surface area contributed by atoms with E-state index >= 15 is 0 Å². The highest BCUT2D eigenvalue weighted by Gasteiger charge is 2.22. The molecule has 0 saturated heterocycles. The second-order valence-corrected chi connectivity index (χ2v) is 13.8. The van der Waals surface area contributed by atoms with Crippen LogP contribution in [0.1, 0.15) is 82.8 Å². The van der Waals surface area contributed by atoms with Crippen molar-refractivity contribution in [1.82, 2.24) is 14.9 Å². The topological polar surface area (TPSA) is 127 Å². The number of nitrogens with zero attached hydrogens (tertiary/aromatic N) is 2. The second kappa shape index (κ2) is 17.3. The highest BCUT2D eigenvalue weighted by molar-refractivity contribution is 8.13. The van der Waals surface area contributed by atoms with Crippen molar-refractivity contribution >= 4 is 39.8 Å². The Labute approximate surface area is 298 Å². The lowest BCUT2D eigenvalue weighted by Crippen LogP contribution is -2.39. The van der Waals surface area contributed by atoms with E-state index in [2.05, 4.69) is 23.7 Å². The number of aromatic nitrogens is 2. The van der Waals surface area contributed by atoms with Crippen molar-refractivity contribution in [3.8, 4) is 11.1 Å². The Hall–Kier alpha value is -4.73. The number of imidazole rings is 1. The van der Waals surface area contributed by atoms with Gasteiger partial charge in [0.15, 0.2) is 0 Å². The molecule has 1 heterocycles. The Balaban J connectivity index is 1.41. The maximum atomic E-state index is 13.9. The van der Waals surface area contributed by atoms with Crippen molar-refractivity contribution < 1.29 is 19.5 Å². The molecule has 2 unspecified atom stereocenters. The van der Waals surface area contributed by atoms with E-state index in [1.54, 1.807) is 12.1 Å². The second-order valence-electron chi connectivity index (χ2n) is 12.8. The molecule has 4 aromatic carbocycles. The molecule has 0 bridgehead atoms. The molecule has 2 atom stereocenters. The third-order valence-corrected chi connectivity index (χ3v) is 10.0. The summed E-state index contributed by atoms with van der Waals surface area (Å²) in [7, 11) is 0. The lowest BCUT2D eigenvalue weighted by atomic mass is 9.98. The van der Waals surface area contributed by atoms with Crippen LogP contribution in [0, 0.1) is 6.92 Å². The Morgan fingerprint density at radius 3 is 2.34 bits per heavy atom. The minimum Gasteiger partial charge on any atom is -0.478 e. The number of carbonyl (C=O) groups is 3. The largest absolute Gasteiger partial charge is 0.478 e. The van der Waals surface area contributed by atoms with Gasteiger partial charge >= 0.3 is 5.97 Å². The number of thioether (sulfide) groups is 1. The fraction of sp³-hybridized carbons (Fsp3) is 0.317. The summed E-state index contributed by atoms with van der Waals surface area (Å²) in [5, 5.41) is 12.8. The molecule has 0 aliphatic carbocycles. The number of hydrogen-bond acceptors (Lipinski definition) is 6. The van der Waals surface area contributed by atoms with Crippen LogP contribution in [0.5, 0.6) is 0 Å². The number of carboxylic acids is 1. The molecule has 0 fully saturated rings. The SMILES string of the molecule is CCCCC(N)C(=O)SCC(Cc1ccccc1)NC(=O)c1cc(C)c2nc(CCC)n(Cc3ccc(-c4ccccc4C(=O)O)cc3)c2c1. The molecule has 0 spiro atoms. The van der Waals surface area contributed by atoms with E-state index in [9.17, 15) is 19.5 Å². The van der Waals surface area contributed by atoms with Crippen LogP contribution in [0.15, 0.2) is 91.0 Å². The Bertz CT molecular complexity index is 1940. The number of aromatic carboxylic acids is 1. The molecule has 9 heteroatoms. The number of rotatable bonds is 16. The van der Waals surface area contributed by atoms with Crippen LogP contribution in [0.4, 0.5) is 0 Å². The van der Waals surface area contributed by atoms with E-state index in [0.717, 1.165) is 64.8 Å². The molecule has 5 rings (SSSR count). The summed E-state index contributed by atoms with van der Waals surface area (Å²) in [5.74, 6) is 0.205. The van der Waals surface area contributed by atoms with Gasteiger partial charge in [-0.3, -0.25) is 9.59 Å². The number of amides is 1. The fourth-order valence-electron chi connectivity index (χ4n) is 6.21. The van der Waals surface area contributed by atoms with Gasteiger partial charge < -0.3 is 20.7 Å². The quantitative estimate of drug-likeness (QED) is 0.0963. The summed E-state index contributed by atoms with van der Waals surface area (Å²) in [6.45, 7) is 6.73. The van der Waals surface area contributed by atoms with Crippen LogP contribution in [0.25, 0.3) is 22.2 Å². The van der Waals surface area contributed by atoms with E-state index in [4.69, 9.17) is 10.7 Å². The number of unbranched alkanes of at least 4 members (excludes halogenated alkanes) is 1. The first-order chi connectivity index (χ1) is 24.2. The first-order valence-electron chi connectivity index (χ1n) is 17.4. The molecule has 0 aliphatic heterocycles. The van der Waals surface area contributed by atoms with E-state index in [1.165, 1.54) is 11.8 Å². The van der Waals surface area contributed by atoms with Gasteiger partial charge in [-0.1, -0.05) is 111 Å². The number of carbonyl (C=O) groups excluding carboxylic acids is 2. The molecule has 1 amide bonds. The maximum absolute atomic E-state index is 13.9. The van der Waals surface area contributed by atoms with Crippen LogP contribution in [0.3, 0.4) is 0 Å². The van der Waals surface area contributed by atoms with E-state index in [1.807, 2.05) is 85.8 Å². The van der Waals surface area contributed by atoms with Crippen LogP contribution in [0.2, 0.25) is 0 Å². The van der Waals surface area contributed by atoms with Crippen molar-refractivity contribution in [2.45, 2.75) is 77.9 Å². The Morgan fingerprint density at radius 2 is 1.64 bits per heavy atom. The summed E-state index contributed by atoms with van der Waals surface area (Å²) in [6.07, 6.45) is 4.84. The number of nitrogens with two attached hydrogens (primary N) is 1. The van der Waals surface area contributed by atoms with Crippen LogP contribution < -0.4 is 11.1 Å². The minimum absolute atomic E-state index is 0.0468. The average molecular weight is 691 g/mol. The molecule has 5 aromatic rings. The molecular formula is C41H46N4O4S. The average Bonchev–Trinajstić information content (AvgIpc) is 3.47. The first-order valence-corrected chi connectivity index (χ1v) is 18.3. The molecular weight excluding hydrogens is 645 g/mol. The third-order valence-electron chi connectivity index (χ3n) is 8.88. The minimum atomic E-state index is -0.959. The summed E-state index contributed by atoms with van der Waals surface area (Å²) in [5.41, 5.74) is 13.2. The molecule has 8 nitrogen and oxygen atoms in total. The zero-order chi connectivity index (χ0) is 35.6. The van der Waals surface area contributed by atoms with Crippen molar-refractivity contribution in [2.24, 2.45) is 5.73 Å². The number of aryl methyl sites for hydroxylation is 2. The lowest BCUT2D eigenvalue weighted by Gasteiger charge is -2.20. The van der Waals surface area contributed by atoms with Crippen LogP contribution in [-0.2, 0) is 24.2 Å². The molecule has 260 valence electrons. The highest BCUT2D eigenvalue weighted by Crippen LogP contribution is 2.27. The monoisotopic (exact) mass is 690 g/mol. The summed E-state index contributed by atoms with van der Waals surface area (Å²) in [6, 6.07) is 27.9. The number of hydrogen-bond donors (Lipinski definition) is 3. The molecule has 1 aromatic heterocycles. The van der Waals surface area contributed by atoms with Crippen LogP contribution >= 0.6 is 11.8 Å². The van der Waals surface area contributed by atoms with E-state index in [0.29, 0.717) is 36.3 Å². The summed E-state index contributed by atoms with van der Waals surface area (Å²) >= 11 is 1.20. The van der Waals surface area contributed by atoms with Gasteiger partial charge in [-0.25, -0.2) is 9.78 Å². The highest BCUT2D eigenvalue weighted by atomic mass is 32.2.